The van der Waals surface area contributed by atoms with E-state index in [1.165, 1.54) is 14.7 Å². The van der Waals surface area contributed by atoms with Gasteiger partial charge in [0.25, 0.3) is 0 Å². The molecule has 16 nitrogen and oxygen atoms in total. The number of carboxylic acid groups (broad SMARTS) is 6. The molecule has 1 aliphatic heterocycles. The van der Waals surface area contributed by atoms with Crippen LogP contribution in [0.5, 0.6) is 0 Å². The zero-order chi connectivity index (χ0) is 31.4. The van der Waals surface area contributed by atoms with Crippen LogP contribution < -0.4 is 15.3 Å². The molecule has 2 rings (SSSR count). The number of aromatic nitrogens is 1. The standard InChI is InChI=1S/C26H36N4O12.Gd/c31-21(32)7-4-18(24(37)38)28-10-12-29(19(25(39)40)5-8-22(33)34)14-16-2-1-3-17(27-16)15-30(13-11-28)20(26(41)42)6-9-23(35)36;/h1-3,18-20H,4-15H2,(H,31,32)(H,33,34)(H,35,36)(H,37,38)(H,39,40)(H,41,42);/q;+3/p-3. The Kier molecular flexibility index (Phi) is 16.7. The van der Waals surface area contributed by atoms with E-state index in [4.69, 9.17) is 15.3 Å². The van der Waals surface area contributed by atoms with Gasteiger partial charge >= 0.3 is 57.8 Å². The smallest absolute Gasteiger partial charge is 0.548 e. The average Bonchev–Trinajstić information content (AvgIpc) is 2.87. The second-order valence-corrected chi connectivity index (χ2v) is 9.90. The van der Waals surface area contributed by atoms with Crippen LogP contribution in [0.1, 0.15) is 49.9 Å². The molecule has 0 aromatic carbocycles. The Bertz CT molecular complexity index is 1090. The van der Waals surface area contributed by atoms with Gasteiger partial charge in [-0.3, -0.25) is 34.1 Å². The van der Waals surface area contributed by atoms with Crippen LogP contribution >= 0.6 is 0 Å². The molecule has 0 fully saturated rings. The van der Waals surface area contributed by atoms with E-state index in [0.717, 1.165) is 0 Å². The Morgan fingerprint density at radius 2 is 0.930 bits per heavy atom. The van der Waals surface area contributed by atoms with Gasteiger partial charge in [-0.15, -0.1) is 0 Å². The van der Waals surface area contributed by atoms with Crippen molar-refractivity contribution in [3.63, 3.8) is 0 Å². The Hall–Kier alpha value is -2.83. The number of fused-ring (bicyclic) bond motifs is 2. The third kappa shape index (κ3) is 13.1. The molecule has 0 amide bonds. The van der Waals surface area contributed by atoms with Crippen LogP contribution in [-0.2, 0) is 41.9 Å². The van der Waals surface area contributed by atoms with Gasteiger partial charge in [0.1, 0.15) is 0 Å². The van der Waals surface area contributed by atoms with Crippen molar-refractivity contribution in [2.45, 2.75) is 69.7 Å². The fourth-order valence-electron chi connectivity index (χ4n) is 4.88. The normalized spacial score (nSPS) is 17.2. The molecule has 2 bridgehead atoms. The fraction of sp³-hybridized carbons (Fsp3) is 0.577. The zero-order valence-corrected chi connectivity index (χ0v) is 25.4. The molecular formula is C26H33GdN4O12. The number of hydrogen-bond acceptors (Lipinski definition) is 13. The molecule has 1 aliphatic rings. The Balaban J connectivity index is 0.00000924. The first kappa shape index (κ1) is 38.2. The molecule has 3 N–H and O–H groups in total. The molecule has 0 aliphatic carbocycles. The molecule has 17 heteroatoms. The van der Waals surface area contributed by atoms with Gasteiger partial charge in [-0.2, -0.15) is 0 Å². The molecule has 3 atom stereocenters. The molecule has 1 aromatic rings. The minimum atomic E-state index is -1.60. The van der Waals surface area contributed by atoms with Gasteiger partial charge in [0.05, 0.1) is 41.4 Å². The maximum absolute atomic E-state index is 12.1. The van der Waals surface area contributed by atoms with E-state index in [1.807, 2.05) is 0 Å². The number of rotatable bonds is 15. The van der Waals surface area contributed by atoms with E-state index >= 15 is 0 Å². The summed E-state index contributed by atoms with van der Waals surface area (Å²) in [6, 6.07) is 0.542. The Morgan fingerprint density at radius 3 is 1.23 bits per heavy atom. The molecule has 3 unspecified atom stereocenters. The Labute approximate surface area is 279 Å². The van der Waals surface area contributed by atoms with Crippen LogP contribution in [0, 0.1) is 39.9 Å². The van der Waals surface area contributed by atoms with Crippen molar-refractivity contribution in [1.29, 1.82) is 0 Å². The summed E-state index contributed by atoms with van der Waals surface area (Å²) in [5, 5.41) is 63.5. The van der Waals surface area contributed by atoms with Crippen LogP contribution in [0.3, 0.4) is 0 Å². The summed E-state index contributed by atoms with van der Waals surface area (Å²) in [6.07, 6.45) is -2.50. The summed E-state index contributed by atoms with van der Waals surface area (Å²) in [4.78, 5) is 78.3. The van der Waals surface area contributed by atoms with Crippen LogP contribution in [-0.4, -0.2) is 115 Å². The first-order valence-electron chi connectivity index (χ1n) is 13.2. The van der Waals surface area contributed by atoms with Gasteiger partial charge in [0, 0.05) is 64.6 Å². The first-order valence-corrected chi connectivity index (χ1v) is 13.2. The van der Waals surface area contributed by atoms with E-state index < -0.39 is 73.2 Å². The predicted octanol–water partition coefficient (Wildman–Crippen LogP) is -4.05. The van der Waals surface area contributed by atoms with Crippen LogP contribution in [0.25, 0.3) is 0 Å². The number of hydrogen-bond donors (Lipinski definition) is 3. The van der Waals surface area contributed by atoms with Gasteiger partial charge in [0.2, 0.25) is 0 Å². The second kappa shape index (κ2) is 18.8. The predicted molar refractivity (Wildman–Crippen MR) is 134 cm³/mol. The number of carbonyl (C=O) groups is 6. The van der Waals surface area contributed by atoms with Gasteiger partial charge in [-0.1, -0.05) is 6.07 Å². The van der Waals surface area contributed by atoms with Gasteiger partial charge in [-0.25, -0.2) is 0 Å². The van der Waals surface area contributed by atoms with E-state index in [0.29, 0.717) is 11.4 Å². The minimum Gasteiger partial charge on any atom is -0.548 e. The molecule has 237 valence electrons. The van der Waals surface area contributed by atoms with E-state index in [-0.39, 0.29) is 98.5 Å². The van der Waals surface area contributed by atoms with E-state index in [1.54, 1.807) is 18.2 Å². The van der Waals surface area contributed by atoms with Gasteiger partial charge in [-0.05, 0) is 31.4 Å². The summed E-state index contributed by atoms with van der Waals surface area (Å²) in [5.41, 5.74) is 0.693. The van der Waals surface area contributed by atoms with Crippen LogP contribution in [0.4, 0.5) is 0 Å². The van der Waals surface area contributed by atoms with Crippen molar-refractivity contribution in [2.24, 2.45) is 0 Å². The van der Waals surface area contributed by atoms with Gasteiger partial charge in [0.15, 0.2) is 0 Å². The van der Waals surface area contributed by atoms with Crippen molar-refractivity contribution >= 4 is 35.8 Å². The summed E-state index contributed by atoms with van der Waals surface area (Å²) < 4.78 is 0. The average molecular weight is 751 g/mol. The Morgan fingerprint density at radius 1 is 0.628 bits per heavy atom. The van der Waals surface area contributed by atoms with Gasteiger partial charge < -0.3 is 45.0 Å². The maximum Gasteiger partial charge on any atom is 3.00 e. The number of carboxylic acids is 6. The molecule has 1 aromatic heterocycles. The van der Waals surface area contributed by atoms with E-state index in [9.17, 15) is 44.1 Å². The van der Waals surface area contributed by atoms with Crippen molar-refractivity contribution in [1.82, 2.24) is 19.7 Å². The first-order chi connectivity index (χ1) is 19.8. The minimum absolute atomic E-state index is 0. The maximum atomic E-state index is 12.1. The molecule has 0 spiro atoms. The molecular weight excluding hydrogens is 718 g/mol. The van der Waals surface area contributed by atoms with Crippen molar-refractivity contribution < 1.29 is 99.3 Å². The molecule has 43 heavy (non-hydrogen) atoms. The van der Waals surface area contributed by atoms with Crippen LogP contribution in [0.15, 0.2) is 18.2 Å². The summed E-state index contributed by atoms with van der Waals surface area (Å²) in [7, 11) is 0. The third-order valence-electron chi connectivity index (χ3n) is 6.98. The molecule has 0 saturated carbocycles. The van der Waals surface area contributed by atoms with Crippen molar-refractivity contribution in [3.05, 3.63) is 29.6 Å². The van der Waals surface area contributed by atoms with Crippen LogP contribution in [0.2, 0.25) is 0 Å². The monoisotopic (exact) mass is 751 g/mol. The molecule has 0 saturated heterocycles. The number of aliphatic carboxylic acids is 6. The number of nitrogens with zero attached hydrogens (tertiary/aromatic N) is 4. The zero-order valence-electron chi connectivity index (χ0n) is 23.1. The fourth-order valence-corrected chi connectivity index (χ4v) is 4.88. The third-order valence-corrected chi connectivity index (χ3v) is 6.98. The van der Waals surface area contributed by atoms with Crippen molar-refractivity contribution in [3.8, 4) is 0 Å². The largest absolute Gasteiger partial charge is 3.00 e. The topological polar surface area (TPSA) is 255 Å². The SMILES string of the molecule is O=C(O)CCC(C(=O)[O-])N1CCN(C(CCC(=O)O)C(=O)[O-])Cc2cccc(n2)CN(C(CCC(=O)O)C(=O)[O-])CC1.[Gd+3]. The van der Waals surface area contributed by atoms with Crippen molar-refractivity contribution in [2.75, 3.05) is 26.2 Å². The molecule has 2 heterocycles. The summed E-state index contributed by atoms with van der Waals surface area (Å²) >= 11 is 0. The number of carbonyl (C=O) groups excluding carboxylic acids is 3. The molecule has 1 radical (unpaired) electrons. The summed E-state index contributed by atoms with van der Waals surface area (Å²) in [5.74, 6) is -8.41. The number of pyridine rings is 1. The quantitative estimate of drug-likeness (QED) is 0.154. The second-order valence-electron chi connectivity index (χ2n) is 9.90. The summed E-state index contributed by atoms with van der Waals surface area (Å²) in [6.45, 7) is -0.822. The van der Waals surface area contributed by atoms with E-state index in [2.05, 4.69) is 4.98 Å².